The zero-order valence-electron chi connectivity index (χ0n) is 18.7. The first-order valence-corrected chi connectivity index (χ1v) is 11.7. The molecule has 5 rings (SSSR count). The molecule has 0 spiro atoms. The number of nitrogens with zero attached hydrogens (tertiary/aromatic N) is 2. The summed E-state index contributed by atoms with van der Waals surface area (Å²) in [7, 11) is 0. The molecule has 4 atom stereocenters. The van der Waals surface area contributed by atoms with Gasteiger partial charge >= 0.3 is 0 Å². The Morgan fingerprint density at radius 1 is 0.879 bits per heavy atom. The molecule has 0 aromatic heterocycles. The minimum absolute atomic E-state index is 0.0915. The van der Waals surface area contributed by atoms with Crippen molar-refractivity contribution in [1.82, 2.24) is 9.80 Å². The van der Waals surface area contributed by atoms with Crippen LogP contribution in [0.4, 0.5) is 0 Å². The van der Waals surface area contributed by atoms with Gasteiger partial charge in [0.25, 0.3) is 12.4 Å². The Labute approximate surface area is 194 Å². The number of hydrogen-bond donors (Lipinski definition) is 3. The lowest BCUT2D eigenvalue weighted by Crippen LogP contribution is -2.48. The number of aliphatic hydroxyl groups is 1. The second-order valence-electron chi connectivity index (χ2n) is 9.31. The SMILES string of the molecule is O=C(c1ccc(-c2ccc(O)cc2)cc1)N1C[C@H]2C[C@@H](N3CCCC3)[C@H](O)C[C@H]2C1.O=CO. The van der Waals surface area contributed by atoms with E-state index < -0.39 is 0 Å². The Kier molecular flexibility index (Phi) is 7.30. The Balaban J connectivity index is 0.000000821. The number of phenolic OH excluding ortho intramolecular Hbond substituents is 1. The van der Waals surface area contributed by atoms with Gasteiger partial charge in [0.2, 0.25) is 0 Å². The molecule has 0 radical (unpaired) electrons. The summed E-state index contributed by atoms with van der Waals surface area (Å²) in [6.45, 7) is 3.53. The smallest absolute Gasteiger partial charge is 0.290 e. The average molecular weight is 453 g/mol. The van der Waals surface area contributed by atoms with E-state index in [9.17, 15) is 15.0 Å². The van der Waals surface area contributed by atoms with Gasteiger partial charge in [-0.05, 0) is 86.0 Å². The highest BCUT2D eigenvalue weighted by atomic mass is 16.3. The number of benzene rings is 2. The standard InChI is InChI=1S/C25H30N2O3.CH2O2/c28-22-9-7-18(8-10-22)17-3-5-19(6-4-17)25(30)27-15-20-13-23(26-11-1-2-12-26)24(29)14-21(20)16-27;2-1-3/h3-10,20-21,23-24,28-29H,1-2,11-16H2;1H,(H,2,3)/t20-,21+,23-,24-;/m1./s1. The molecule has 3 aliphatic rings. The molecule has 3 fully saturated rings. The molecule has 0 bridgehead atoms. The molecule has 2 aromatic carbocycles. The lowest BCUT2D eigenvalue weighted by Gasteiger charge is -2.40. The number of fused-ring (bicyclic) bond motifs is 1. The van der Waals surface area contributed by atoms with Crippen LogP contribution in [0.1, 0.15) is 36.0 Å². The molecule has 7 heteroatoms. The second-order valence-corrected chi connectivity index (χ2v) is 9.31. The average Bonchev–Trinajstić information content (AvgIpc) is 3.49. The van der Waals surface area contributed by atoms with Gasteiger partial charge in [-0.1, -0.05) is 24.3 Å². The van der Waals surface area contributed by atoms with E-state index in [4.69, 9.17) is 9.90 Å². The van der Waals surface area contributed by atoms with Gasteiger partial charge in [0, 0.05) is 24.7 Å². The minimum atomic E-state index is -0.260. The van der Waals surface area contributed by atoms with Crippen molar-refractivity contribution in [3.63, 3.8) is 0 Å². The summed E-state index contributed by atoms with van der Waals surface area (Å²) in [4.78, 5) is 25.9. The zero-order chi connectivity index (χ0) is 23.4. The molecule has 1 saturated carbocycles. The van der Waals surface area contributed by atoms with Crippen molar-refractivity contribution >= 4 is 12.4 Å². The van der Waals surface area contributed by atoms with Crippen LogP contribution in [0, 0.1) is 11.8 Å². The highest BCUT2D eigenvalue weighted by molar-refractivity contribution is 5.95. The van der Waals surface area contributed by atoms with Crippen molar-refractivity contribution in [2.24, 2.45) is 11.8 Å². The topological polar surface area (TPSA) is 101 Å². The molecule has 176 valence electrons. The second kappa shape index (κ2) is 10.4. The van der Waals surface area contributed by atoms with E-state index in [2.05, 4.69) is 4.90 Å². The number of carbonyl (C=O) groups is 2. The van der Waals surface area contributed by atoms with Crippen molar-refractivity contribution in [3.05, 3.63) is 54.1 Å². The molecule has 2 aromatic rings. The van der Waals surface area contributed by atoms with E-state index in [0.717, 1.165) is 50.1 Å². The Hall–Kier alpha value is -2.90. The first-order valence-electron chi connectivity index (χ1n) is 11.7. The third-order valence-corrected chi connectivity index (χ3v) is 7.34. The normalized spacial score (nSPS) is 26.9. The first-order chi connectivity index (χ1) is 16.0. The van der Waals surface area contributed by atoms with Crippen LogP contribution in [0.15, 0.2) is 48.5 Å². The van der Waals surface area contributed by atoms with Crippen LogP contribution < -0.4 is 0 Å². The lowest BCUT2D eigenvalue weighted by molar-refractivity contribution is -0.122. The predicted molar refractivity (Wildman–Crippen MR) is 125 cm³/mol. The van der Waals surface area contributed by atoms with Crippen molar-refractivity contribution in [2.45, 2.75) is 37.8 Å². The number of carboxylic acid groups (broad SMARTS) is 1. The highest BCUT2D eigenvalue weighted by Gasteiger charge is 2.44. The third kappa shape index (κ3) is 5.20. The minimum Gasteiger partial charge on any atom is -0.508 e. The van der Waals surface area contributed by atoms with E-state index in [1.165, 1.54) is 12.8 Å². The van der Waals surface area contributed by atoms with Gasteiger partial charge in [-0.15, -0.1) is 0 Å². The Bertz CT molecular complexity index is 940. The number of aromatic hydroxyl groups is 1. The Morgan fingerprint density at radius 3 is 1.97 bits per heavy atom. The molecule has 0 unspecified atom stereocenters. The maximum absolute atomic E-state index is 13.1. The predicted octanol–water partition coefficient (Wildman–Crippen LogP) is 3.07. The van der Waals surface area contributed by atoms with Crippen molar-refractivity contribution in [1.29, 1.82) is 0 Å². The van der Waals surface area contributed by atoms with Gasteiger partial charge in [0.1, 0.15) is 5.75 Å². The largest absolute Gasteiger partial charge is 0.508 e. The van der Waals surface area contributed by atoms with Gasteiger partial charge < -0.3 is 20.2 Å². The molecule has 2 heterocycles. The van der Waals surface area contributed by atoms with Gasteiger partial charge in [-0.25, -0.2) is 0 Å². The summed E-state index contributed by atoms with van der Waals surface area (Å²) in [5, 5.41) is 27.1. The number of rotatable bonds is 3. The third-order valence-electron chi connectivity index (χ3n) is 7.34. The van der Waals surface area contributed by atoms with Crippen LogP contribution in [-0.4, -0.2) is 75.8 Å². The number of aliphatic hydroxyl groups excluding tert-OH is 1. The maximum atomic E-state index is 13.1. The van der Waals surface area contributed by atoms with E-state index in [0.29, 0.717) is 17.4 Å². The van der Waals surface area contributed by atoms with Crippen LogP contribution in [0.5, 0.6) is 5.75 Å². The fourth-order valence-corrected chi connectivity index (χ4v) is 5.68. The molecule has 2 aliphatic heterocycles. The molecule has 33 heavy (non-hydrogen) atoms. The summed E-state index contributed by atoms with van der Waals surface area (Å²) in [5.74, 6) is 1.25. The summed E-state index contributed by atoms with van der Waals surface area (Å²) in [6, 6.07) is 15.1. The Morgan fingerprint density at radius 2 is 1.39 bits per heavy atom. The fraction of sp³-hybridized carbons (Fsp3) is 0.462. The first kappa shape index (κ1) is 23.3. The quantitative estimate of drug-likeness (QED) is 0.619. The fourth-order valence-electron chi connectivity index (χ4n) is 5.68. The van der Waals surface area contributed by atoms with Gasteiger partial charge in [-0.2, -0.15) is 0 Å². The lowest BCUT2D eigenvalue weighted by atomic mass is 9.77. The number of phenols is 1. The molecule has 1 amide bonds. The van der Waals surface area contributed by atoms with E-state index in [-0.39, 0.29) is 30.3 Å². The summed E-state index contributed by atoms with van der Waals surface area (Å²) in [5.41, 5.74) is 2.76. The van der Waals surface area contributed by atoms with Crippen LogP contribution >= 0.6 is 0 Å². The molecular weight excluding hydrogens is 420 g/mol. The maximum Gasteiger partial charge on any atom is 0.290 e. The van der Waals surface area contributed by atoms with Gasteiger partial charge in [0.15, 0.2) is 0 Å². The van der Waals surface area contributed by atoms with E-state index in [1.54, 1.807) is 12.1 Å². The van der Waals surface area contributed by atoms with E-state index in [1.807, 2.05) is 41.3 Å². The summed E-state index contributed by atoms with van der Waals surface area (Å²) in [6.07, 6.45) is 4.04. The number of likely N-dealkylation sites (tertiary alicyclic amines) is 2. The van der Waals surface area contributed by atoms with Crippen LogP contribution in [-0.2, 0) is 4.79 Å². The number of amides is 1. The summed E-state index contributed by atoms with van der Waals surface area (Å²) < 4.78 is 0. The van der Waals surface area contributed by atoms with Crippen molar-refractivity contribution in [3.8, 4) is 16.9 Å². The van der Waals surface area contributed by atoms with Gasteiger partial charge in [-0.3, -0.25) is 14.5 Å². The molecule has 3 N–H and O–H groups in total. The summed E-state index contributed by atoms with van der Waals surface area (Å²) >= 11 is 0. The van der Waals surface area contributed by atoms with Crippen molar-refractivity contribution in [2.75, 3.05) is 26.2 Å². The molecule has 1 aliphatic carbocycles. The molecule has 2 saturated heterocycles. The van der Waals surface area contributed by atoms with Crippen LogP contribution in [0.3, 0.4) is 0 Å². The van der Waals surface area contributed by atoms with Gasteiger partial charge in [0.05, 0.1) is 6.10 Å². The molecular formula is C26H32N2O5. The van der Waals surface area contributed by atoms with Crippen LogP contribution in [0.25, 0.3) is 11.1 Å². The van der Waals surface area contributed by atoms with Crippen molar-refractivity contribution < 1.29 is 24.9 Å². The monoisotopic (exact) mass is 452 g/mol. The zero-order valence-corrected chi connectivity index (χ0v) is 18.7. The number of carbonyl (C=O) groups excluding carboxylic acids is 1. The van der Waals surface area contributed by atoms with E-state index >= 15 is 0 Å². The number of hydrogen-bond acceptors (Lipinski definition) is 5. The highest BCUT2D eigenvalue weighted by Crippen LogP contribution is 2.39. The van der Waals surface area contributed by atoms with Crippen LogP contribution in [0.2, 0.25) is 0 Å². The molecule has 7 nitrogen and oxygen atoms in total.